The van der Waals surface area contributed by atoms with Crippen LogP contribution < -0.4 is 4.52 Å². The van der Waals surface area contributed by atoms with E-state index in [1.54, 1.807) is 12.1 Å². The fourth-order valence-electron chi connectivity index (χ4n) is 2.42. The molecule has 0 amide bonds. The monoisotopic (exact) mass is 323 g/mol. The Morgan fingerprint density at radius 1 is 1.04 bits per heavy atom. The first-order valence-corrected chi connectivity index (χ1v) is 8.30. The van der Waals surface area contributed by atoms with Crippen molar-refractivity contribution >= 4 is 29.8 Å². The smallest absolute Gasteiger partial charge is 0.227 e. The number of hydrogen-bond donors (Lipinski definition) is 0. The highest BCUT2D eigenvalue weighted by Gasteiger charge is 2.25. The van der Waals surface area contributed by atoms with Crippen LogP contribution in [0.25, 0.3) is 21.5 Å². The summed E-state index contributed by atoms with van der Waals surface area (Å²) in [7, 11) is -2.32. The zero-order chi connectivity index (χ0) is 16.2. The van der Waals surface area contributed by atoms with Crippen molar-refractivity contribution < 1.29 is 13.6 Å². The Balaban J connectivity index is 1.94. The molecular weight excluding hydrogens is 307 g/mol. The number of hydrogen-bond acceptors (Lipinski definition) is 3. The van der Waals surface area contributed by atoms with Crippen LogP contribution >= 0.6 is 8.25 Å². The van der Waals surface area contributed by atoms with E-state index in [9.17, 15) is 4.57 Å². The first-order chi connectivity index (χ1) is 11.2. The molecule has 3 aromatic rings. The first-order valence-electron chi connectivity index (χ1n) is 7.21. The van der Waals surface area contributed by atoms with Crippen LogP contribution in [-0.2, 0) is 9.09 Å². The summed E-state index contributed by atoms with van der Waals surface area (Å²) in [6.45, 7) is 7.26. The van der Waals surface area contributed by atoms with Crippen molar-refractivity contribution in [1.82, 2.24) is 0 Å². The van der Waals surface area contributed by atoms with Crippen LogP contribution in [0.3, 0.4) is 0 Å². The quantitative estimate of drug-likeness (QED) is 0.237. The standard InChI is InChI=1S/C19H16O3P/c1-3-7-14(2)21-23(20)22-19-11-6-10-17-12-15-8-4-5-9-16(15)13-18(17)19/h3-6,8-13H,1-2,7H2/q+1. The molecule has 0 saturated heterocycles. The SMILES string of the molecule is C=CCC(=C)O[P+](=O)Oc1cccc2cc3ccccc3cc12. The van der Waals surface area contributed by atoms with Crippen molar-refractivity contribution in [2.45, 2.75) is 6.42 Å². The topological polar surface area (TPSA) is 35.5 Å². The van der Waals surface area contributed by atoms with Gasteiger partial charge in [0.25, 0.3) is 0 Å². The van der Waals surface area contributed by atoms with Crippen LogP contribution in [0.15, 0.2) is 79.6 Å². The van der Waals surface area contributed by atoms with E-state index in [4.69, 9.17) is 9.05 Å². The lowest BCUT2D eigenvalue weighted by molar-refractivity contribution is 0.354. The van der Waals surface area contributed by atoms with Gasteiger partial charge in [0.05, 0.1) is 0 Å². The van der Waals surface area contributed by atoms with Gasteiger partial charge in [-0.25, -0.2) is 9.05 Å². The van der Waals surface area contributed by atoms with Gasteiger partial charge in [0.1, 0.15) is 0 Å². The molecule has 1 atom stereocenters. The molecule has 0 fully saturated rings. The lowest BCUT2D eigenvalue weighted by Crippen LogP contribution is -1.88. The van der Waals surface area contributed by atoms with Crippen LogP contribution in [-0.4, -0.2) is 0 Å². The van der Waals surface area contributed by atoms with Gasteiger partial charge in [-0.1, -0.05) is 49.1 Å². The maximum Gasteiger partial charge on any atom is 0.805 e. The summed E-state index contributed by atoms with van der Waals surface area (Å²) in [4.78, 5) is 0. The minimum Gasteiger partial charge on any atom is -0.227 e. The molecule has 0 aromatic heterocycles. The van der Waals surface area contributed by atoms with E-state index >= 15 is 0 Å². The van der Waals surface area contributed by atoms with Crippen molar-refractivity contribution in [3.63, 3.8) is 0 Å². The summed E-state index contributed by atoms with van der Waals surface area (Å²) in [6.07, 6.45) is 2.07. The summed E-state index contributed by atoms with van der Waals surface area (Å²) in [5.74, 6) is 0.896. The predicted molar refractivity (Wildman–Crippen MR) is 94.7 cm³/mol. The van der Waals surface area contributed by atoms with E-state index in [0.29, 0.717) is 17.9 Å². The highest BCUT2D eigenvalue weighted by Crippen LogP contribution is 2.37. The molecule has 3 nitrogen and oxygen atoms in total. The average Bonchev–Trinajstić information content (AvgIpc) is 2.53. The molecule has 3 rings (SSSR count). The molecule has 0 heterocycles. The molecule has 1 unspecified atom stereocenters. The second-order valence-electron chi connectivity index (χ2n) is 5.11. The molecule has 0 bridgehead atoms. The molecule has 0 spiro atoms. The van der Waals surface area contributed by atoms with E-state index in [0.717, 1.165) is 21.5 Å². The van der Waals surface area contributed by atoms with Crippen molar-refractivity contribution in [2.75, 3.05) is 0 Å². The van der Waals surface area contributed by atoms with Crippen molar-refractivity contribution in [1.29, 1.82) is 0 Å². The van der Waals surface area contributed by atoms with Crippen LogP contribution in [0, 0.1) is 0 Å². The van der Waals surface area contributed by atoms with Gasteiger partial charge < -0.3 is 0 Å². The molecule has 0 saturated carbocycles. The fraction of sp³-hybridized carbons (Fsp3) is 0.0526. The molecule has 0 N–H and O–H groups in total. The summed E-state index contributed by atoms with van der Waals surface area (Å²) in [5, 5.41) is 4.17. The molecule has 3 aromatic carbocycles. The van der Waals surface area contributed by atoms with E-state index in [-0.39, 0.29) is 0 Å². The van der Waals surface area contributed by atoms with Gasteiger partial charge in [-0.3, -0.25) is 0 Å². The van der Waals surface area contributed by atoms with Gasteiger partial charge in [-0.05, 0) is 34.4 Å². The Morgan fingerprint density at radius 3 is 2.48 bits per heavy atom. The summed E-state index contributed by atoms with van der Waals surface area (Å²) < 4.78 is 22.7. The van der Waals surface area contributed by atoms with Crippen LogP contribution in [0.2, 0.25) is 0 Å². The zero-order valence-corrected chi connectivity index (χ0v) is 13.5. The third-order valence-electron chi connectivity index (χ3n) is 3.46. The maximum absolute atomic E-state index is 12.0. The molecule has 114 valence electrons. The first kappa shape index (κ1) is 15.3. The second-order valence-corrected chi connectivity index (χ2v) is 5.93. The molecule has 0 radical (unpaired) electrons. The molecule has 0 aliphatic rings. The molecular formula is C19H16O3P+. The van der Waals surface area contributed by atoms with Gasteiger partial charge in [-0.15, -0.1) is 6.58 Å². The van der Waals surface area contributed by atoms with E-state index in [1.165, 1.54) is 0 Å². The van der Waals surface area contributed by atoms with Crippen molar-refractivity contribution in [2.24, 2.45) is 0 Å². The van der Waals surface area contributed by atoms with Gasteiger partial charge >= 0.3 is 8.25 Å². The fourth-order valence-corrected chi connectivity index (χ4v) is 3.06. The number of benzene rings is 3. The van der Waals surface area contributed by atoms with Crippen LogP contribution in [0.1, 0.15) is 6.42 Å². The van der Waals surface area contributed by atoms with E-state index in [2.05, 4.69) is 25.3 Å². The van der Waals surface area contributed by atoms with Gasteiger partial charge in [0.2, 0.25) is 0 Å². The van der Waals surface area contributed by atoms with Crippen molar-refractivity contribution in [3.8, 4) is 5.75 Å². The Bertz CT molecular complexity index is 915. The number of rotatable bonds is 6. The highest BCUT2D eigenvalue weighted by molar-refractivity contribution is 7.34. The minimum absolute atomic E-state index is 0.367. The third-order valence-corrected chi connectivity index (χ3v) is 4.21. The van der Waals surface area contributed by atoms with Crippen LogP contribution in [0.5, 0.6) is 5.75 Å². The highest BCUT2D eigenvalue weighted by atomic mass is 31.1. The van der Waals surface area contributed by atoms with Gasteiger partial charge in [0.15, 0.2) is 11.5 Å². The van der Waals surface area contributed by atoms with E-state index in [1.807, 2.05) is 36.4 Å². The summed E-state index contributed by atoms with van der Waals surface area (Å²) in [6, 6.07) is 17.9. The zero-order valence-electron chi connectivity index (χ0n) is 12.6. The second kappa shape index (κ2) is 6.64. The van der Waals surface area contributed by atoms with Gasteiger partial charge in [0, 0.05) is 16.4 Å². The Kier molecular flexibility index (Phi) is 4.40. The lowest BCUT2D eigenvalue weighted by Gasteiger charge is -2.04. The summed E-state index contributed by atoms with van der Waals surface area (Å²) >= 11 is 0. The van der Waals surface area contributed by atoms with Crippen molar-refractivity contribution in [3.05, 3.63) is 79.6 Å². The number of fused-ring (bicyclic) bond motifs is 2. The maximum atomic E-state index is 12.0. The molecule has 23 heavy (non-hydrogen) atoms. The minimum atomic E-state index is -2.32. The van der Waals surface area contributed by atoms with Gasteiger partial charge in [-0.2, -0.15) is 0 Å². The predicted octanol–water partition coefficient (Wildman–Crippen LogP) is 6.14. The third kappa shape index (κ3) is 3.41. The largest absolute Gasteiger partial charge is 0.805 e. The average molecular weight is 323 g/mol. The molecule has 0 aliphatic heterocycles. The lowest BCUT2D eigenvalue weighted by atomic mass is 10.0. The Hall–Kier alpha value is -2.64. The Labute approximate surface area is 135 Å². The normalized spacial score (nSPS) is 11.2. The summed E-state index contributed by atoms with van der Waals surface area (Å²) in [5.41, 5.74) is 0. The molecule has 4 heteroatoms. The van der Waals surface area contributed by atoms with Crippen LogP contribution in [0.4, 0.5) is 0 Å². The molecule has 0 aliphatic carbocycles. The number of allylic oxidation sites excluding steroid dienone is 1. The van der Waals surface area contributed by atoms with E-state index < -0.39 is 8.25 Å². The Morgan fingerprint density at radius 2 is 1.74 bits per heavy atom.